The predicted octanol–water partition coefficient (Wildman–Crippen LogP) is 2.25. The number of hydrogen-bond acceptors (Lipinski definition) is 7. The summed E-state index contributed by atoms with van der Waals surface area (Å²) in [5.41, 5.74) is 1.11. The van der Waals surface area contributed by atoms with Gasteiger partial charge in [0.1, 0.15) is 5.75 Å². The average Bonchev–Trinajstić information content (AvgIpc) is 2.84. The highest BCUT2D eigenvalue weighted by molar-refractivity contribution is 8.03. The van der Waals surface area contributed by atoms with Crippen molar-refractivity contribution in [2.75, 3.05) is 28.3 Å². The minimum atomic E-state index is 0.224. The van der Waals surface area contributed by atoms with E-state index >= 15 is 0 Å². The lowest BCUT2D eigenvalue weighted by Crippen LogP contribution is -2.24. The minimum absolute atomic E-state index is 0.224. The summed E-state index contributed by atoms with van der Waals surface area (Å²) in [5.74, 6) is 5.52. The number of nitrogens with zero attached hydrogens (tertiary/aromatic N) is 3. The molecule has 8 heteroatoms. The van der Waals surface area contributed by atoms with E-state index in [2.05, 4.69) is 25.9 Å². The monoisotopic (exact) mass is 309 g/mol. The highest BCUT2D eigenvalue weighted by Gasteiger charge is 2.12. The van der Waals surface area contributed by atoms with Crippen molar-refractivity contribution in [3.63, 3.8) is 0 Å². The molecule has 0 spiro atoms. The van der Waals surface area contributed by atoms with Gasteiger partial charge in [0, 0.05) is 34.7 Å². The molecule has 1 aromatic heterocycles. The van der Waals surface area contributed by atoms with E-state index in [9.17, 15) is 0 Å². The van der Waals surface area contributed by atoms with E-state index in [4.69, 9.17) is 4.74 Å². The van der Waals surface area contributed by atoms with Crippen molar-refractivity contribution in [1.82, 2.24) is 20.6 Å². The topological polar surface area (TPSA) is 75.7 Å². The number of H-pyrrole nitrogens is 1. The fourth-order valence-corrected chi connectivity index (χ4v) is 4.25. The average molecular weight is 309 g/mol. The molecule has 0 amide bonds. The molecule has 0 radical (unpaired) electrons. The summed E-state index contributed by atoms with van der Waals surface area (Å²) in [6, 6.07) is 8.56. The number of nitrogens with one attached hydrogen (secondary N) is 2. The van der Waals surface area contributed by atoms with Gasteiger partial charge in [-0.15, -0.1) is 0 Å². The van der Waals surface area contributed by atoms with Crippen LogP contribution in [0.1, 0.15) is 0 Å². The standard InChI is InChI=1S/C12H15N5OS2/c1-3-11(18-12-14-16-17-15-12)4-2-9(1)13-10-7-19-5-6-20-8-10/h1-4,10,13H,5-8H2,(H,14,15,16,17). The molecule has 2 heterocycles. The van der Waals surface area contributed by atoms with Crippen molar-refractivity contribution in [2.24, 2.45) is 0 Å². The summed E-state index contributed by atoms with van der Waals surface area (Å²) >= 11 is 4.03. The summed E-state index contributed by atoms with van der Waals surface area (Å²) in [7, 11) is 0. The van der Waals surface area contributed by atoms with Crippen molar-refractivity contribution >= 4 is 29.2 Å². The van der Waals surface area contributed by atoms with Gasteiger partial charge in [-0.2, -0.15) is 28.7 Å². The number of tetrazole rings is 1. The van der Waals surface area contributed by atoms with Crippen LogP contribution in [-0.2, 0) is 0 Å². The van der Waals surface area contributed by atoms with E-state index in [0.29, 0.717) is 11.8 Å². The Morgan fingerprint density at radius 2 is 1.90 bits per heavy atom. The van der Waals surface area contributed by atoms with Gasteiger partial charge >= 0.3 is 6.01 Å². The Morgan fingerprint density at radius 3 is 2.55 bits per heavy atom. The van der Waals surface area contributed by atoms with Crippen molar-refractivity contribution in [3.05, 3.63) is 24.3 Å². The molecule has 106 valence electrons. The summed E-state index contributed by atoms with van der Waals surface area (Å²) in [6.45, 7) is 0. The van der Waals surface area contributed by atoms with Gasteiger partial charge in [-0.3, -0.25) is 0 Å². The molecule has 0 unspecified atom stereocenters. The van der Waals surface area contributed by atoms with Gasteiger partial charge in [0.25, 0.3) is 0 Å². The first-order valence-corrected chi connectivity index (χ1v) is 8.64. The molecule has 3 rings (SSSR count). The van der Waals surface area contributed by atoms with Crippen LogP contribution >= 0.6 is 23.5 Å². The van der Waals surface area contributed by atoms with Gasteiger partial charge in [0.2, 0.25) is 0 Å². The third-order valence-corrected chi connectivity index (χ3v) is 5.29. The smallest absolute Gasteiger partial charge is 0.361 e. The molecular formula is C12H15N5OS2. The number of aromatic amines is 1. The number of rotatable bonds is 4. The summed E-state index contributed by atoms with van der Waals surface area (Å²) in [5, 5.41) is 16.8. The molecule has 1 aliphatic heterocycles. The van der Waals surface area contributed by atoms with E-state index < -0.39 is 0 Å². The number of benzene rings is 1. The molecule has 20 heavy (non-hydrogen) atoms. The number of ether oxygens (including phenoxy) is 1. The first kappa shape index (κ1) is 13.6. The highest BCUT2D eigenvalue weighted by Crippen LogP contribution is 2.23. The molecule has 0 atom stereocenters. The lowest BCUT2D eigenvalue weighted by atomic mass is 10.2. The van der Waals surface area contributed by atoms with Crippen molar-refractivity contribution in [1.29, 1.82) is 0 Å². The van der Waals surface area contributed by atoms with E-state index in [1.807, 2.05) is 47.8 Å². The maximum Gasteiger partial charge on any atom is 0.361 e. The van der Waals surface area contributed by atoms with Gasteiger partial charge in [-0.05, 0) is 29.5 Å². The Bertz CT molecular complexity index is 511. The molecule has 1 aromatic carbocycles. The van der Waals surface area contributed by atoms with E-state index in [1.165, 1.54) is 11.5 Å². The van der Waals surface area contributed by atoms with Crippen molar-refractivity contribution < 1.29 is 4.74 Å². The Kier molecular flexibility index (Phi) is 4.65. The van der Waals surface area contributed by atoms with Crippen LogP contribution in [0.2, 0.25) is 0 Å². The number of thioether (sulfide) groups is 2. The first-order chi connectivity index (χ1) is 9.90. The molecule has 1 saturated heterocycles. The second-order valence-corrected chi connectivity index (χ2v) is 6.61. The van der Waals surface area contributed by atoms with Crippen LogP contribution in [0.3, 0.4) is 0 Å². The van der Waals surface area contributed by atoms with Crippen LogP contribution in [-0.4, -0.2) is 49.7 Å². The molecule has 6 nitrogen and oxygen atoms in total. The van der Waals surface area contributed by atoms with Gasteiger partial charge in [0.15, 0.2) is 0 Å². The third kappa shape index (κ3) is 3.80. The zero-order valence-corrected chi connectivity index (χ0v) is 12.4. The largest absolute Gasteiger partial charge is 0.422 e. The van der Waals surface area contributed by atoms with Crippen LogP contribution in [0, 0.1) is 0 Å². The fraction of sp³-hybridized carbons (Fsp3) is 0.417. The quantitative estimate of drug-likeness (QED) is 0.897. The van der Waals surface area contributed by atoms with Crippen LogP contribution in [0.15, 0.2) is 24.3 Å². The Morgan fingerprint density at radius 1 is 1.15 bits per heavy atom. The predicted molar refractivity (Wildman–Crippen MR) is 82.8 cm³/mol. The SMILES string of the molecule is c1cc(Oc2nn[nH]n2)ccc1NC1CSCCSC1. The van der Waals surface area contributed by atoms with Crippen molar-refractivity contribution in [3.8, 4) is 11.8 Å². The lowest BCUT2D eigenvalue weighted by Gasteiger charge is -2.16. The number of anilines is 1. The fourth-order valence-electron chi connectivity index (χ4n) is 1.86. The second-order valence-electron chi connectivity index (χ2n) is 4.31. The van der Waals surface area contributed by atoms with E-state index in [0.717, 1.165) is 17.2 Å². The van der Waals surface area contributed by atoms with Gasteiger partial charge in [-0.25, -0.2) is 0 Å². The molecule has 0 bridgehead atoms. The van der Waals surface area contributed by atoms with Gasteiger partial charge in [-0.1, -0.05) is 10.2 Å². The summed E-state index contributed by atoms with van der Waals surface area (Å²) in [6.07, 6.45) is 0. The maximum absolute atomic E-state index is 5.43. The zero-order valence-electron chi connectivity index (χ0n) is 10.8. The zero-order chi connectivity index (χ0) is 13.6. The molecule has 0 aliphatic carbocycles. The van der Waals surface area contributed by atoms with Crippen molar-refractivity contribution in [2.45, 2.75) is 6.04 Å². The van der Waals surface area contributed by atoms with Gasteiger partial charge in [0.05, 0.1) is 0 Å². The summed E-state index contributed by atoms with van der Waals surface area (Å²) < 4.78 is 5.43. The minimum Gasteiger partial charge on any atom is -0.422 e. The van der Waals surface area contributed by atoms with E-state index in [1.54, 1.807) is 0 Å². The van der Waals surface area contributed by atoms with Crippen LogP contribution in [0.25, 0.3) is 0 Å². The number of hydrogen-bond donors (Lipinski definition) is 2. The summed E-state index contributed by atoms with van der Waals surface area (Å²) in [4.78, 5) is 0. The van der Waals surface area contributed by atoms with Crippen LogP contribution < -0.4 is 10.1 Å². The molecule has 2 aromatic rings. The Labute approximate surface area is 125 Å². The molecule has 2 N–H and O–H groups in total. The second kappa shape index (κ2) is 6.85. The maximum atomic E-state index is 5.43. The number of aromatic nitrogens is 4. The highest BCUT2D eigenvalue weighted by atomic mass is 32.2. The molecule has 1 fully saturated rings. The molecular weight excluding hydrogens is 294 g/mol. The molecule has 1 aliphatic rings. The van der Waals surface area contributed by atoms with E-state index in [-0.39, 0.29) is 6.01 Å². The molecule has 0 saturated carbocycles. The Hall–Kier alpha value is -1.41. The van der Waals surface area contributed by atoms with Crippen LogP contribution in [0.4, 0.5) is 5.69 Å². The third-order valence-electron chi connectivity index (χ3n) is 2.77. The first-order valence-electron chi connectivity index (χ1n) is 6.33. The lowest BCUT2D eigenvalue weighted by molar-refractivity contribution is 0.442. The normalized spacial score (nSPS) is 16.6. The Balaban J connectivity index is 1.58. The van der Waals surface area contributed by atoms with Gasteiger partial charge < -0.3 is 10.1 Å². The van der Waals surface area contributed by atoms with Crippen LogP contribution in [0.5, 0.6) is 11.8 Å².